The Morgan fingerprint density at radius 1 is 1.25 bits per heavy atom. The molecule has 0 amide bonds. The highest BCUT2D eigenvalue weighted by molar-refractivity contribution is 7.89. The van der Waals surface area contributed by atoms with Crippen LogP contribution in [0.4, 0.5) is 0 Å². The first-order valence-corrected chi connectivity index (χ1v) is 7.84. The molecule has 7 heteroatoms. The predicted molar refractivity (Wildman–Crippen MR) is 81.1 cm³/mol. The fourth-order valence-corrected chi connectivity index (χ4v) is 3.98. The molecule has 1 N–H and O–H groups in total. The third-order valence-electron chi connectivity index (χ3n) is 3.55. The van der Waals surface area contributed by atoms with Crippen molar-refractivity contribution >= 4 is 22.4 Å². The van der Waals surface area contributed by atoms with Gasteiger partial charge in [0, 0.05) is 19.1 Å². The molecule has 0 radical (unpaired) electrons. The number of nitrogens with zero attached hydrogens (tertiary/aromatic N) is 1. The fraction of sp³-hybridized carbons (Fsp3) is 0.538. The van der Waals surface area contributed by atoms with E-state index in [0.717, 1.165) is 12.8 Å². The molecule has 0 spiro atoms. The average molecular weight is 321 g/mol. The molecule has 1 aliphatic heterocycles. The number of rotatable bonds is 4. The number of sulfonamides is 1. The predicted octanol–water partition coefficient (Wildman–Crippen LogP) is 1.49. The second kappa shape index (κ2) is 7.26. The van der Waals surface area contributed by atoms with E-state index in [4.69, 9.17) is 4.74 Å². The first kappa shape index (κ1) is 17.2. The first-order valence-electron chi connectivity index (χ1n) is 6.40. The monoisotopic (exact) mass is 320 g/mol. The van der Waals surface area contributed by atoms with E-state index in [1.807, 2.05) is 7.05 Å². The van der Waals surface area contributed by atoms with Gasteiger partial charge in [0.25, 0.3) is 0 Å². The van der Waals surface area contributed by atoms with Crippen LogP contribution in [0.15, 0.2) is 29.2 Å². The second-order valence-electron chi connectivity index (χ2n) is 4.62. The standard InChI is InChI=1S/C13H20N2O3S.ClH/c1-14-11-7-9-15(10-8-11)19(16,17)13-6-4-3-5-12(13)18-2;/h3-6,11,14H,7-10H2,1-2H3;1H. The van der Waals surface area contributed by atoms with E-state index in [-0.39, 0.29) is 17.3 Å². The van der Waals surface area contributed by atoms with Crippen LogP contribution in [-0.2, 0) is 10.0 Å². The highest BCUT2D eigenvalue weighted by Gasteiger charge is 2.30. The van der Waals surface area contributed by atoms with Crippen molar-refractivity contribution < 1.29 is 13.2 Å². The molecule has 2 rings (SSSR count). The summed E-state index contributed by atoms with van der Waals surface area (Å²) in [6, 6.07) is 7.16. The van der Waals surface area contributed by atoms with Gasteiger partial charge in [0.15, 0.2) is 0 Å². The molecule has 1 aromatic carbocycles. The lowest BCUT2D eigenvalue weighted by molar-refractivity contribution is 0.297. The lowest BCUT2D eigenvalue weighted by atomic mass is 10.1. The molecule has 1 heterocycles. The maximum Gasteiger partial charge on any atom is 0.246 e. The topological polar surface area (TPSA) is 58.6 Å². The van der Waals surface area contributed by atoms with Gasteiger partial charge in [-0.15, -0.1) is 12.4 Å². The van der Waals surface area contributed by atoms with Crippen LogP contribution in [0.5, 0.6) is 5.75 Å². The van der Waals surface area contributed by atoms with Crippen LogP contribution in [0, 0.1) is 0 Å². The summed E-state index contributed by atoms with van der Waals surface area (Å²) in [6.07, 6.45) is 1.68. The molecule has 0 atom stereocenters. The number of ether oxygens (including phenoxy) is 1. The summed E-state index contributed by atoms with van der Waals surface area (Å²) in [4.78, 5) is 0.250. The Morgan fingerprint density at radius 3 is 2.40 bits per heavy atom. The Morgan fingerprint density at radius 2 is 1.85 bits per heavy atom. The highest BCUT2D eigenvalue weighted by atomic mass is 35.5. The number of halogens is 1. The Labute approximate surface area is 126 Å². The highest BCUT2D eigenvalue weighted by Crippen LogP contribution is 2.27. The van der Waals surface area contributed by atoms with Crippen LogP contribution >= 0.6 is 12.4 Å². The van der Waals surface area contributed by atoms with Crippen molar-refractivity contribution in [2.24, 2.45) is 0 Å². The smallest absolute Gasteiger partial charge is 0.246 e. The van der Waals surface area contributed by atoms with Crippen LogP contribution in [0.2, 0.25) is 0 Å². The zero-order valence-electron chi connectivity index (χ0n) is 11.7. The number of hydrogen-bond acceptors (Lipinski definition) is 4. The molecule has 0 bridgehead atoms. The minimum atomic E-state index is -3.46. The molecular formula is C13H21ClN2O3S. The summed E-state index contributed by atoms with van der Waals surface area (Å²) >= 11 is 0. The first-order chi connectivity index (χ1) is 9.09. The molecule has 5 nitrogen and oxygen atoms in total. The summed E-state index contributed by atoms with van der Waals surface area (Å²) < 4.78 is 31.9. The molecule has 0 saturated carbocycles. The largest absolute Gasteiger partial charge is 0.495 e. The van der Waals surface area contributed by atoms with Crippen LogP contribution in [-0.4, -0.2) is 46.0 Å². The van der Waals surface area contributed by atoms with Crippen LogP contribution < -0.4 is 10.1 Å². The average Bonchev–Trinajstić information content (AvgIpc) is 2.47. The third kappa shape index (κ3) is 3.44. The number of para-hydroxylation sites is 1. The number of benzene rings is 1. The molecule has 20 heavy (non-hydrogen) atoms. The molecule has 0 aromatic heterocycles. The Kier molecular flexibility index (Phi) is 6.26. The number of nitrogens with one attached hydrogen (secondary N) is 1. The van der Waals surface area contributed by atoms with Gasteiger partial charge < -0.3 is 10.1 Å². The molecule has 1 aliphatic rings. The van der Waals surface area contributed by atoms with Gasteiger partial charge in [-0.05, 0) is 32.0 Å². The van der Waals surface area contributed by atoms with E-state index >= 15 is 0 Å². The van der Waals surface area contributed by atoms with Crippen molar-refractivity contribution in [1.29, 1.82) is 0 Å². The van der Waals surface area contributed by atoms with Gasteiger partial charge in [-0.2, -0.15) is 4.31 Å². The minimum absolute atomic E-state index is 0. The Balaban J connectivity index is 0.00000200. The zero-order valence-corrected chi connectivity index (χ0v) is 13.3. The van der Waals surface area contributed by atoms with Crippen molar-refractivity contribution in [3.8, 4) is 5.75 Å². The van der Waals surface area contributed by atoms with E-state index in [0.29, 0.717) is 24.9 Å². The maximum absolute atomic E-state index is 12.6. The van der Waals surface area contributed by atoms with Crippen molar-refractivity contribution in [2.45, 2.75) is 23.8 Å². The Bertz CT molecular complexity index is 528. The summed E-state index contributed by atoms with van der Waals surface area (Å²) in [6.45, 7) is 1.10. The van der Waals surface area contributed by atoms with Crippen molar-refractivity contribution in [1.82, 2.24) is 9.62 Å². The van der Waals surface area contributed by atoms with Gasteiger partial charge in [0.2, 0.25) is 10.0 Å². The van der Waals surface area contributed by atoms with Gasteiger partial charge in [0.1, 0.15) is 10.6 Å². The number of piperidine rings is 1. The third-order valence-corrected chi connectivity index (χ3v) is 5.49. The summed E-state index contributed by atoms with van der Waals surface area (Å²) in [5.41, 5.74) is 0. The van der Waals surface area contributed by atoms with Crippen LogP contribution in [0.3, 0.4) is 0 Å². The molecule has 0 unspecified atom stereocenters. The summed E-state index contributed by atoms with van der Waals surface area (Å²) in [5.74, 6) is 0.401. The summed E-state index contributed by atoms with van der Waals surface area (Å²) in [7, 11) is -0.0564. The van der Waals surface area contributed by atoms with E-state index in [1.165, 1.54) is 7.11 Å². The van der Waals surface area contributed by atoms with E-state index in [2.05, 4.69) is 5.32 Å². The molecule has 1 fully saturated rings. The Hall–Kier alpha value is -0.820. The minimum Gasteiger partial charge on any atom is -0.495 e. The van der Waals surface area contributed by atoms with E-state index in [1.54, 1.807) is 28.6 Å². The lowest BCUT2D eigenvalue weighted by Crippen LogP contribution is -2.43. The van der Waals surface area contributed by atoms with Crippen LogP contribution in [0.1, 0.15) is 12.8 Å². The molecule has 0 aliphatic carbocycles. The van der Waals surface area contributed by atoms with E-state index < -0.39 is 10.0 Å². The van der Waals surface area contributed by atoms with Gasteiger partial charge in [-0.25, -0.2) is 8.42 Å². The molecule has 1 saturated heterocycles. The van der Waals surface area contributed by atoms with Gasteiger partial charge in [-0.3, -0.25) is 0 Å². The quantitative estimate of drug-likeness (QED) is 0.913. The van der Waals surface area contributed by atoms with Gasteiger partial charge in [0.05, 0.1) is 7.11 Å². The van der Waals surface area contributed by atoms with Crippen molar-refractivity contribution in [2.75, 3.05) is 27.2 Å². The lowest BCUT2D eigenvalue weighted by Gasteiger charge is -2.31. The molecule has 114 valence electrons. The fourth-order valence-electron chi connectivity index (χ4n) is 2.36. The van der Waals surface area contributed by atoms with Crippen molar-refractivity contribution in [3.63, 3.8) is 0 Å². The van der Waals surface area contributed by atoms with Crippen molar-refractivity contribution in [3.05, 3.63) is 24.3 Å². The van der Waals surface area contributed by atoms with E-state index in [9.17, 15) is 8.42 Å². The van der Waals surface area contributed by atoms with Gasteiger partial charge in [-0.1, -0.05) is 12.1 Å². The number of hydrogen-bond donors (Lipinski definition) is 1. The SMILES string of the molecule is CNC1CCN(S(=O)(=O)c2ccccc2OC)CC1.Cl. The number of methoxy groups -OCH3 is 1. The molecule has 1 aromatic rings. The normalized spacial score (nSPS) is 17.5. The maximum atomic E-state index is 12.6. The summed E-state index contributed by atoms with van der Waals surface area (Å²) in [5, 5.41) is 3.19. The van der Waals surface area contributed by atoms with Crippen LogP contribution in [0.25, 0.3) is 0 Å². The second-order valence-corrected chi connectivity index (χ2v) is 6.52. The zero-order chi connectivity index (χ0) is 13.9. The molecular weight excluding hydrogens is 300 g/mol. The van der Waals surface area contributed by atoms with Gasteiger partial charge >= 0.3 is 0 Å².